The maximum Gasteiger partial charge on any atom is 0.274 e. The third-order valence-corrected chi connectivity index (χ3v) is 2.19. The summed E-state index contributed by atoms with van der Waals surface area (Å²) in [4.78, 5) is 11.6. The van der Waals surface area contributed by atoms with Gasteiger partial charge in [0.25, 0.3) is 5.91 Å². The molecule has 0 fully saturated rings. The molecule has 0 saturated carbocycles. The Kier molecular flexibility index (Phi) is 4.78. The molecule has 0 aliphatic carbocycles. The van der Waals surface area contributed by atoms with Crippen LogP contribution in [0.1, 0.15) is 29.5 Å². The predicted octanol–water partition coefficient (Wildman–Crippen LogP) is 0.321. The van der Waals surface area contributed by atoms with Crippen LogP contribution in [0.3, 0.4) is 0 Å². The Morgan fingerprint density at radius 3 is 3.00 bits per heavy atom. The number of anilines is 1. The average molecular weight is 226 g/mol. The largest absolute Gasteiger partial charge is 0.395 e. The summed E-state index contributed by atoms with van der Waals surface area (Å²) in [5.41, 5.74) is 7.33. The normalized spacial score (nSPS) is 10.4. The zero-order valence-electron chi connectivity index (χ0n) is 9.67. The van der Waals surface area contributed by atoms with E-state index in [1.54, 1.807) is 7.11 Å². The molecule has 1 aromatic heterocycles. The first-order valence-electron chi connectivity index (χ1n) is 5.30. The molecule has 90 valence electrons. The lowest BCUT2D eigenvalue weighted by Gasteiger charge is -2.02. The van der Waals surface area contributed by atoms with Crippen molar-refractivity contribution in [2.24, 2.45) is 0 Å². The van der Waals surface area contributed by atoms with E-state index in [4.69, 9.17) is 10.5 Å². The number of methoxy groups -OCH3 is 1. The van der Waals surface area contributed by atoms with Crippen LogP contribution in [0.2, 0.25) is 0 Å². The summed E-state index contributed by atoms with van der Waals surface area (Å²) in [6.45, 7) is 2.96. The van der Waals surface area contributed by atoms with Gasteiger partial charge in [0.05, 0.1) is 18.0 Å². The monoisotopic (exact) mass is 226 g/mol. The topological polar surface area (TPSA) is 93.0 Å². The van der Waals surface area contributed by atoms with Gasteiger partial charge in [0.1, 0.15) is 0 Å². The molecule has 0 spiro atoms. The Morgan fingerprint density at radius 1 is 1.62 bits per heavy atom. The van der Waals surface area contributed by atoms with Crippen molar-refractivity contribution < 1.29 is 9.53 Å². The molecule has 1 amide bonds. The third kappa shape index (κ3) is 2.96. The van der Waals surface area contributed by atoms with Gasteiger partial charge in [-0.2, -0.15) is 5.10 Å². The van der Waals surface area contributed by atoms with Crippen molar-refractivity contribution in [1.82, 2.24) is 15.5 Å². The van der Waals surface area contributed by atoms with Crippen LogP contribution >= 0.6 is 0 Å². The van der Waals surface area contributed by atoms with Crippen molar-refractivity contribution in [3.05, 3.63) is 11.4 Å². The van der Waals surface area contributed by atoms with E-state index < -0.39 is 0 Å². The molecule has 0 radical (unpaired) electrons. The standard InChI is InChI=1S/C10H18N4O2/c1-3-4-7-8(11)9(14-13-7)10(15)12-5-6-16-2/h3-6,11H2,1-2H3,(H,12,15)(H,13,14). The van der Waals surface area contributed by atoms with E-state index in [2.05, 4.69) is 15.5 Å². The van der Waals surface area contributed by atoms with Gasteiger partial charge in [-0.15, -0.1) is 0 Å². The zero-order chi connectivity index (χ0) is 12.0. The smallest absolute Gasteiger partial charge is 0.274 e. The number of nitrogens with two attached hydrogens (primary N) is 1. The van der Waals surface area contributed by atoms with Crippen molar-refractivity contribution in [2.45, 2.75) is 19.8 Å². The molecule has 1 rings (SSSR count). The number of nitrogen functional groups attached to an aromatic ring is 1. The number of nitrogens with zero attached hydrogens (tertiary/aromatic N) is 1. The number of aromatic nitrogens is 2. The van der Waals surface area contributed by atoms with E-state index in [-0.39, 0.29) is 11.6 Å². The second-order valence-electron chi connectivity index (χ2n) is 3.46. The minimum atomic E-state index is -0.270. The third-order valence-electron chi connectivity index (χ3n) is 2.19. The van der Waals surface area contributed by atoms with Crippen molar-refractivity contribution in [2.75, 3.05) is 26.0 Å². The van der Waals surface area contributed by atoms with Crippen LogP contribution in [0.4, 0.5) is 5.69 Å². The molecule has 0 aromatic carbocycles. The van der Waals surface area contributed by atoms with Crippen LogP contribution in [-0.2, 0) is 11.2 Å². The lowest BCUT2D eigenvalue weighted by atomic mass is 10.2. The number of carbonyl (C=O) groups is 1. The molecule has 4 N–H and O–H groups in total. The fourth-order valence-electron chi connectivity index (χ4n) is 1.35. The number of aryl methyl sites for hydroxylation is 1. The summed E-state index contributed by atoms with van der Waals surface area (Å²) in [6, 6.07) is 0. The molecule has 0 bridgehead atoms. The molecule has 6 heteroatoms. The van der Waals surface area contributed by atoms with Gasteiger partial charge in [-0.1, -0.05) is 13.3 Å². The molecule has 1 aromatic rings. The van der Waals surface area contributed by atoms with Crippen LogP contribution in [-0.4, -0.2) is 36.4 Å². The van der Waals surface area contributed by atoms with Crippen LogP contribution in [0.15, 0.2) is 0 Å². The van der Waals surface area contributed by atoms with E-state index >= 15 is 0 Å². The van der Waals surface area contributed by atoms with Gasteiger partial charge in [-0.25, -0.2) is 0 Å². The van der Waals surface area contributed by atoms with Crippen molar-refractivity contribution in [3.63, 3.8) is 0 Å². The SMILES string of the molecule is CCCc1[nH]nc(C(=O)NCCOC)c1N. The Bertz CT molecular complexity index is 349. The van der Waals surface area contributed by atoms with E-state index in [0.29, 0.717) is 18.8 Å². The molecule has 0 aliphatic heterocycles. The summed E-state index contributed by atoms with van der Waals surface area (Å²) in [5, 5.41) is 9.36. The fourth-order valence-corrected chi connectivity index (χ4v) is 1.35. The van der Waals surface area contributed by atoms with Crippen molar-refractivity contribution >= 4 is 11.6 Å². The van der Waals surface area contributed by atoms with Gasteiger partial charge in [0.15, 0.2) is 5.69 Å². The van der Waals surface area contributed by atoms with E-state index in [9.17, 15) is 4.79 Å². The maximum absolute atomic E-state index is 11.6. The highest BCUT2D eigenvalue weighted by atomic mass is 16.5. The molecule has 0 saturated heterocycles. The summed E-state index contributed by atoms with van der Waals surface area (Å²) in [6.07, 6.45) is 1.75. The highest BCUT2D eigenvalue weighted by Gasteiger charge is 2.15. The Morgan fingerprint density at radius 2 is 2.38 bits per heavy atom. The second kappa shape index (κ2) is 6.12. The van der Waals surface area contributed by atoms with Gasteiger partial charge < -0.3 is 15.8 Å². The molecule has 0 unspecified atom stereocenters. The number of amides is 1. The van der Waals surface area contributed by atoms with Crippen LogP contribution < -0.4 is 11.1 Å². The lowest BCUT2D eigenvalue weighted by molar-refractivity contribution is 0.0933. The highest BCUT2D eigenvalue weighted by molar-refractivity contribution is 5.97. The van der Waals surface area contributed by atoms with Crippen molar-refractivity contribution in [3.8, 4) is 0 Å². The number of nitrogens with one attached hydrogen (secondary N) is 2. The average Bonchev–Trinajstić information content (AvgIpc) is 2.62. The van der Waals surface area contributed by atoms with Gasteiger partial charge in [0.2, 0.25) is 0 Å². The zero-order valence-corrected chi connectivity index (χ0v) is 9.67. The number of rotatable bonds is 6. The minimum Gasteiger partial charge on any atom is -0.395 e. The Labute approximate surface area is 94.5 Å². The molecule has 1 heterocycles. The fraction of sp³-hybridized carbons (Fsp3) is 0.600. The maximum atomic E-state index is 11.6. The van der Waals surface area contributed by atoms with Gasteiger partial charge in [0, 0.05) is 13.7 Å². The first kappa shape index (κ1) is 12.5. The first-order chi connectivity index (χ1) is 7.70. The molecule has 0 atom stereocenters. The van der Waals surface area contributed by atoms with E-state index in [0.717, 1.165) is 18.5 Å². The van der Waals surface area contributed by atoms with E-state index in [1.165, 1.54) is 0 Å². The van der Waals surface area contributed by atoms with Crippen molar-refractivity contribution in [1.29, 1.82) is 0 Å². The highest BCUT2D eigenvalue weighted by Crippen LogP contribution is 2.15. The van der Waals surface area contributed by atoms with Crippen LogP contribution in [0.25, 0.3) is 0 Å². The summed E-state index contributed by atoms with van der Waals surface area (Å²) < 4.78 is 4.83. The lowest BCUT2D eigenvalue weighted by Crippen LogP contribution is -2.27. The van der Waals surface area contributed by atoms with Gasteiger partial charge >= 0.3 is 0 Å². The summed E-state index contributed by atoms with van der Waals surface area (Å²) in [5.74, 6) is -0.270. The number of hydrogen-bond acceptors (Lipinski definition) is 4. The molecule has 0 aliphatic rings. The number of ether oxygens (including phenoxy) is 1. The molecular weight excluding hydrogens is 208 g/mol. The summed E-state index contributed by atoms with van der Waals surface area (Å²) in [7, 11) is 1.58. The van der Waals surface area contributed by atoms with E-state index in [1.807, 2.05) is 6.92 Å². The number of carbonyl (C=O) groups excluding carboxylic acids is 1. The number of H-pyrrole nitrogens is 1. The summed E-state index contributed by atoms with van der Waals surface area (Å²) >= 11 is 0. The quantitative estimate of drug-likeness (QED) is 0.609. The Hall–Kier alpha value is -1.56. The van der Waals surface area contributed by atoms with Gasteiger partial charge in [-0.05, 0) is 6.42 Å². The molecule has 16 heavy (non-hydrogen) atoms. The van der Waals surface area contributed by atoms with Crippen LogP contribution in [0.5, 0.6) is 0 Å². The predicted molar refractivity (Wildman–Crippen MR) is 61.2 cm³/mol. The first-order valence-corrected chi connectivity index (χ1v) is 5.30. The van der Waals surface area contributed by atoms with Crippen LogP contribution in [0, 0.1) is 0 Å². The minimum absolute atomic E-state index is 0.263. The number of hydrogen-bond donors (Lipinski definition) is 3. The second-order valence-corrected chi connectivity index (χ2v) is 3.46. The van der Waals surface area contributed by atoms with Gasteiger partial charge in [-0.3, -0.25) is 9.89 Å². The molecule has 6 nitrogen and oxygen atoms in total. The Balaban J connectivity index is 2.61. The number of aromatic amines is 1. The molecular formula is C10H18N4O2.